The number of benzene rings is 9. The molecule has 0 radical (unpaired) electrons. The van der Waals surface area contributed by atoms with Gasteiger partial charge in [0.15, 0.2) is 11.6 Å². The van der Waals surface area contributed by atoms with Crippen molar-refractivity contribution in [1.29, 1.82) is 0 Å². The Hall–Kier alpha value is -7.88. The Morgan fingerprint density at radius 1 is 0.258 bits per heavy atom. The van der Waals surface area contributed by atoms with Crippen molar-refractivity contribution in [2.24, 2.45) is 0 Å². The molecule has 444 valence electrons. The monoisotopic (exact) mass is 1160 g/mol. The Kier molecular flexibility index (Phi) is 10.6. The summed E-state index contributed by atoms with van der Waals surface area (Å²) in [6.45, 7) is 41.6. The molecule has 89 heavy (non-hydrogen) atoms. The number of hydrogen-bond acceptors (Lipinski definition) is 2. The summed E-state index contributed by atoms with van der Waals surface area (Å²) < 4.78 is 2.53. The summed E-state index contributed by atoms with van der Waals surface area (Å²) in [6, 6.07) is 55.3. The highest BCUT2D eigenvalue weighted by molar-refractivity contribution is 6.27. The Labute approximate surface area is 526 Å². The molecule has 9 aliphatic carbocycles. The maximum atomic E-state index is 16.5. The molecule has 6 unspecified atom stereocenters. The van der Waals surface area contributed by atoms with E-state index in [-0.39, 0.29) is 67.7 Å². The van der Waals surface area contributed by atoms with E-state index in [1.165, 1.54) is 111 Å². The van der Waals surface area contributed by atoms with Gasteiger partial charge in [0.25, 0.3) is 0 Å². The number of Topliss-reactive ketones (excluding diaryl/α,β-unsaturated/α-hetero) is 2. The third kappa shape index (κ3) is 7.34. The van der Waals surface area contributed by atoms with Gasteiger partial charge in [-0.25, -0.2) is 0 Å². The Morgan fingerprint density at radius 3 is 0.876 bits per heavy atom. The quantitative estimate of drug-likeness (QED) is 0.152. The van der Waals surface area contributed by atoms with Crippen LogP contribution in [-0.4, -0.2) is 16.0 Å². The molecule has 11 aromatic rings. The summed E-state index contributed by atoms with van der Waals surface area (Å²) in [7, 11) is 0. The number of carbonyl (C=O) groups excluding carboxylic acids is 2. The van der Waals surface area contributed by atoms with Crippen LogP contribution in [0.2, 0.25) is 0 Å². The average Bonchev–Trinajstić information content (AvgIpc) is 1.57. The second-order valence-corrected chi connectivity index (χ2v) is 34.3. The van der Waals surface area contributed by atoms with Crippen molar-refractivity contribution in [3.8, 4) is 0 Å². The molecule has 0 fully saturated rings. The van der Waals surface area contributed by atoms with E-state index >= 15 is 9.59 Å². The van der Waals surface area contributed by atoms with E-state index in [9.17, 15) is 0 Å². The lowest BCUT2D eigenvalue weighted by molar-refractivity contribution is 0.0966. The predicted molar refractivity (Wildman–Crippen MR) is 368 cm³/mol. The molecule has 0 saturated heterocycles. The fourth-order valence-corrected chi connectivity index (χ4v) is 17.8. The lowest BCUT2D eigenvalue weighted by Gasteiger charge is -2.44. The summed E-state index contributed by atoms with van der Waals surface area (Å²) in [5.41, 5.74) is 32.2. The number of carbonyl (C=O) groups is 2. The van der Waals surface area contributed by atoms with Crippen LogP contribution in [0.3, 0.4) is 0 Å². The zero-order valence-corrected chi connectivity index (χ0v) is 55.5. The van der Waals surface area contributed by atoms with Crippen LogP contribution in [0.25, 0.3) is 38.1 Å². The van der Waals surface area contributed by atoms with E-state index in [4.69, 9.17) is 0 Å². The second-order valence-electron chi connectivity index (χ2n) is 34.3. The molecule has 0 saturated carbocycles. The average molecular weight is 1160 g/mol. The molecule has 9 aliphatic rings. The van der Waals surface area contributed by atoms with Crippen LogP contribution in [0.15, 0.2) is 140 Å². The standard InChI is InChI=1S/C86H83NO2/c1-81(2,3)42-22-28-51-55(31-42)72-48-25-19-45(84(10,11)12)34-58(48)73(51)76-67(72)39-63-54-37-61-64(79(88)74-52-29-23-43(82(4,5)6)32-56(52)70(61)49-26-20-46(35-59(49)74)85(13,14)15)40-68(54)87-69-41-65-62(38-66(69)77(76)78(63)87)71-50-27-21-47(86(16,17)18)36-60(50)75(80(65)89)53-30-24-44(33-57(53)71)83(7,8)9/h19-41,70-75H,1-18H3. The first-order valence-electron chi connectivity index (χ1n) is 33.1. The third-order valence-corrected chi connectivity index (χ3v) is 22.7. The molecule has 2 heterocycles. The van der Waals surface area contributed by atoms with Gasteiger partial charge >= 0.3 is 0 Å². The number of aromatic nitrogens is 1. The van der Waals surface area contributed by atoms with Crippen molar-refractivity contribution < 1.29 is 9.59 Å². The fourth-order valence-electron chi connectivity index (χ4n) is 17.8. The van der Waals surface area contributed by atoms with Gasteiger partial charge in [-0.1, -0.05) is 234 Å². The van der Waals surface area contributed by atoms with Crippen LogP contribution in [0.1, 0.15) is 303 Å². The third-order valence-electron chi connectivity index (χ3n) is 22.7. The summed E-state index contributed by atoms with van der Waals surface area (Å²) in [5, 5.41) is 4.83. The van der Waals surface area contributed by atoms with Crippen LogP contribution < -0.4 is 0 Å². The van der Waals surface area contributed by atoms with Gasteiger partial charge in [0, 0.05) is 56.3 Å². The maximum absolute atomic E-state index is 16.5. The van der Waals surface area contributed by atoms with Crippen molar-refractivity contribution in [2.45, 2.75) is 193 Å². The first-order chi connectivity index (χ1) is 41.8. The summed E-state index contributed by atoms with van der Waals surface area (Å²) in [5.74, 6) is -0.906. The van der Waals surface area contributed by atoms with Crippen LogP contribution in [0.5, 0.6) is 0 Å². The minimum atomic E-state index is -0.451. The molecule has 2 aromatic heterocycles. The molecule has 0 aliphatic heterocycles. The Balaban J connectivity index is 1.02. The smallest absolute Gasteiger partial charge is 0.175 e. The summed E-state index contributed by atoms with van der Waals surface area (Å²) >= 11 is 0. The second kappa shape index (κ2) is 17.1. The summed E-state index contributed by atoms with van der Waals surface area (Å²) in [4.78, 5) is 32.9. The van der Waals surface area contributed by atoms with Gasteiger partial charge in [0.05, 0.1) is 28.4 Å². The molecule has 3 nitrogen and oxygen atoms in total. The van der Waals surface area contributed by atoms with Gasteiger partial charge in [0.2, 0.25) is 0 Å². The maximum Gasteiger partial charge on any atom is 0.175 e. The molecule has 0 N–H and O–H groups in total. The highest BCUT2D eigenvalue weighted by Crippen LogP contribution is 2.63. The molecule has 0 amide bonds. The van der Waals surface area contributed by atoms with Crippen LogP contribution >= 0.6 is 0 Å². The number of hydrogen-bond donors (Lipinski definition) is 0. The highest BCUT2D eigenvalue weighted by Gasteiger charge is 2.49. The zero-order chi connectivity index (χ0) is 62.4. The van der Waals surface area contributed by atoms with E-state index in [0.29, 0.717) is 0 Å². The molecule has 20 rings (SSSR count). The van der Waals surface area contributed by atoms with Crippen LogP contribution in [0.4, 0.5) is 0 Å². The van der Waals surface area contributed by atoms with E-state index in [1.54, 1.807) is 0 Å². The number of rotatable bonds is 0. The summed E-state index contributed by atoms with van der Waals surface area (Å²) in [6.07, 6.45) is 0. The fraction of sp³-hybridized carbons (Fsp3) is 0.349. The molecule has 3 heteroatoms. The van der Waals surface area contributed by atoms with Crippen molar-refractivity contribution >= 4 is 49.7 Å². The molecule has 0 spiro atoms. The minimum absolute atomic E-state index is 0.00595. The lowest BCUT2D eigenvalue weighted by atomic mass is 9.59. The topological polar surface area (TPSA) is 38.5 Å². The van der Waals surface area contributed by atoms with Crippen molar-refractivity contribution in [1.82, 2.24) is 4.40 Å². The minimum Gasteiger partial charge on any atom is -0.308 e. The number of nitrogens with zero attached hydrogens (tertiary/aromatic N) is 1. The zero-order valence-electron chi connectivity index (χ0n) is 55.5. The van der Waals surface area contributed by atoms with Gasteiger partial charge in [-0.2, -0.15) is 0 Å². The van der Waals surface area contributed by atoms with Gasteiger partial charge in [-0.15, -0.1) is 0 Å². The predicted octanol–water partition coefficient (Wildman–Crippen LogP) is 21.3. The molecule has 9 aromatic carbocycles. The normalized spacial score (nSPS) is 20.5. The van der Waals surface area contributed by atoms with E-state index < -0.39 is 11.8 Å². The van der Waals surface area contributed by atoms with Crippen molar-refractivity contribution in [3.05, 3.63) is 273 Å². The van der Waals surface area contributed by atoms with Crippen LogP contribution in [-0.2, 0) is 32.5 Å². The SMILES string of the molecule is CC(C)(C)c1ccc2c(c1)C1C(=O)c3cc4c(cc3C2c2cc(C(C)(C)C)ccc21)c1cc2c(c3c5cc6c(cc5n4c13)C(=O)C1c3cc(C(C)(C)C)ccc3C6c3cc(C(C)(C)C)ccc31)C1c3ccc(C(C)(C)C)cc3C2c2ccc(C(C)(C)C)cc21. The van der Waals surface area contributed by atoms with Crippen molar-refractivity contribution in [3.63, 3.8) is 0 Å². The van der Waals surface area contributed by atoms with Crippen LogP contribution in [0, 0.1) is 0 Å². The Bertz CT molecular complexity index is 5080. The van der Waals surface area contributed by atoms with Gasteiger partial charge < -0.3 is 4.40 Å². The molecule has 6 bridgehead atoms. The number of ketones is 2. The van der Waals surface area contributed by atoms with Gasteiger partial charge in [-0.3, -0.25) is 9.59 Å². The molecular formula is C86H83NO2. The van der Waals surface area contributed by atoms with Crippen molar-refractivity contribution in [2.75, 3.05) is 0 Å². The molecule has 6 atom stereocenters. The van der Waals surface area contributed by atoms with E-state index in [0.717, 1.165) is 60.9 Å². The van der Waals surface area contributed by atoms with E-state index in [1.807, 2.05) is 0 Å². The Morgan fingerprint density at radius 2 is 0.528 bits per heavy atom. The first kappa shape index (κ1) is 55.2. The first-order valence-corrected chi connectivity index (χ1v) is 33.1. The molecular weight excluding hydrogens is 1080 g/mol. The number of fused-ring (bicyclic) bond motifs is 6. The lowest BCUT2D eigenvalue weighted by Crippen LogP contribution is -2.29. The van der Waals surface area contributed by atoms with Gasteiger partial charge in [0.1, 0.15) is 0 Å². The largest absolute Gasteiger partial charge is 0.308 e. The van der Waals surface area contributed by atoms with Gasteiger partial charge in [-0.05, 0) is 185 Å². The van der Waals surface area contributed by atoms with E-state index in [2.05, 4.69) is 269 Å². The highest BCUT2D eigenvalue weighted by atomic mass is 16.1.